The predicted molar refractivity (Wildman–Crippen MR) is 117 cm³/mol. The van der Waals surface area contributed by atoms with Crippen LogP contribution in [0.1, 0.15) is 41.4 Å². The molecule has 1 amide bonds. The van der Waals surface area contributed by atoms with Gasteiger partial charge in [0.2, 0.25) is 0 Å². The highest BCUT2D eigenvalue weighted by atomic mass is 35.5. The van der Waals surface area contributed by atoms with Crippen molar-refractivity contribution in [3.8, 4) is 0 Å². The number of aryl methyl sites for hydroxylation is 2. The van der Waals surface area contributed by atoms with Crippen LogP contribution >= 0.6 is 11.6 Å². The molecule has 0 aliphatic carbocycles. The SMILES string of the molecule is C.CC(=N)c1ccc(CCc2ccc(F)cc2C(=O)Nc2ccc(Cl)cn2)cc1. The zero-order valence-electron chi connectivity index (χ0n) is 15.3. The van der Waals surface area contributed by atoms with Gasteiger partial charge in [0.1, 0.15) is 11.6 Å². The van der Waals surface area contributed by atoms with E-state index in [-0.39, 0.29) is 13.0 Å². The van der Waals surface area contributed by atoms with E-state index in [0.717, 1.165) is 16.7 Å². The second-order valence-electron chi connectivity index (χ2n) is 6.44. The van der Waals surface area contributed by atoms with Crippen molar-refractivity contribution in [1.29, 1.82) is 5.41 Å². The zero-order chi connectivity index (χ0) is 20.1. The van der Waals surface area contributed by atoms with Crippen LogP contribution in [0, 0.1) is 11.2 Å². The maximum Gasteiger partial charge on any atom is 0.257 e. The monoisotopic (exact) mass is 411 g/mol. The predicted octanol–water partition coefficient (Wildman–Crippen LogP) is 5.94. The Labute approximate surface area is 175 Å². The van der Waals surface area contributed by atoms with E-state index in [4.69, 9.17) is 17.0 Å². The first-order chi connectivity index (χ1) is 13.4. The van der Waals surface area contributed by atoms with Gasteiger partial charge in [0.15, 0.2) is 0 Å². The minimum Gasteiger partial charge on any atom is -0.307 e. The normalized spacial score (nSPS) is 10.2. The molecule has 0 saturated carbocycles. The van der Waals surface area contributed by atoms with Crippen LogP contribution in [0.15, 0.2) is 60.8 Å². The van der Waals surface area contributed by atoms with Crippen molar-refractivity contribution in [3.05, 3.63) is 93.9 Å². The van der Waals surface area contributed by atoms with Crippen LogP contribution in [0.4, 0.5) is 10.2 Å². The quantitative estimate of drug-likeness (QED) is 0.493. The average molecular weight is 412 g/mol. The van der Waals surface area contributed by atoms with Crippen molar-refractivity contribution >= 4 is 29.0 Å². The first-order valence-electron chi connectivity index (χ1n) is 8.78. The van der Waals surface area contributed by atoms with Gasteiger partial charge in [0, 0.05) is 17.5 Å². The summed E-state index contributed by atoms with van der Waals surface area (Å²) in [5.74, 6) is -0.537. The number of amides is 1. The molecule has 6 heteroatoms. The summed E-state index contributed by atoms with van der Waals surface area (Å²) < 4.78 is 13.7. The van der Waals surface area contributed by atoms with Crippen LogP contribution in [0.3, 0.4) is 0 Å². The lowest BCUT2D eigenvalue weighted by molar-refractivity contribution is 0.102. The number of anilines is 1. The molecule has 2 aromatic carbocycles. The number of rotatable bonds is 6. The van der Waals surface area contributed by atoms with Gasteiger partial charge in [-0.3, -0.25) is 4.79 Å². The van der Waals surface area contributed by atoms with Crippen LogP contribution in [-0.2, 0) is 12.8 Å². The van der Waals surface area contributed by atoms with Crippen LogP contribution in [0.5, 0.6) is 0 Å². The highest BCUT2D eigenvalue weighted by Crippen LogP contribution is 2.18. The van der Waals surface area contributed by atoms with Gasteiger partial charge in [0.05, 0.1) is 5.02 Å². The third kappa shape index (κ3) is 5.96. The Kier molecular flexibility index (Phi) is 7.62. The van der Waals surface area contributed by atoms with Crippen molar-refractivity contribution < 1.29 is 9.18 Å². The van der Waals surface area contributed by atoms with Crippen molar-refractivity contribution in [1.82, 2.24) is 4.98 Å². The number of halogens is 2. The molecule has 3 aromatic rings. The standard InChI is InChI=1S/C22H19ClFN3O.CH4/c1-14(25)16-5-2-15(3-6-16)4-7-17-8-10-19(24)12-20(17)22(28)27-21-11-9-18(23)13-26-21;/h2-3,5-6,8-13,25H,4,7H2,1H3,(H,26,27,28);1H4. The van der Waals surface area contributed by atoms with Gasteiger partial charge in [-0.1, -0.05) is 49.4 Å². The summed E-state index contributed by atoms with van der Waals surface area (Å²) in [4.78, 5) is 16.7. The number of hydrogen-bond acceptors (Lipinski definition) is 3. The molecule has 3 rings (SSSR count). The van der Waals surface area contributed by atoms with Crippen LogP contribution in [0.25, 0.3) is 0 Å². The second-order valence-corrected chi connectivity index (χ2v) is 6.88. The molecule has 1 heterocycles. The summed E-state index contributed by atoms with van der Waals surface area (Å²) in [7, 11) is 0. The van der Waals surface area contributed by atoms with E-state index in [1.165, 1.54) is 18.3 Å². The maximum atomic E-state index is 13.7. The number of carbonyl (C=O) groups excluding carboxylic acids is 1. The third-order valence-corrected chi connectivity index (χ3v) is 4.58. The van der Waals surface area contributed by atoms with Gasteiger partial charge in [-0.05, 0) is 60.7 Å². The molecule has 2 N–H and O–H groups in total. The van der Waals surface area contributed by atoms with Gasteiger partial charge in [0.25, 0.3) is 5.91 Å². The molecular weight excluding hydrogens is 389 g/mol. The Balaban J connectivity index is 0.00000300. The molecule has 0 bridgehead atoms. The molecule has 4 nitrogen and oxygen atoms in total. The number of carbonyl (C=O) groups is 1. The van der Waals surface area contributed by atoms with E-state index in [9.17, 15) is 9.18 Å². The highest BCUT2D eigenvalue weighted by Gasteiger charge is 2.14. The average Bonchev–Trinajstić information content (AvgIpc) is 2.69. The van der Waals surface area contributed by atoms with Crippen molar-refractivity contribution in [2.45, 2.75) is 27.2 Å². The van der Waals surface area contributed by atoms with E-state index in [2.05, 4.69) is 10.3 Å². The maximum absolute atomic E-state index is 13.7. The Morgan fingerprint density at radius 3 is 2.45 bits per heavy atom. The molecule has 0 aliphatic rings. The molecular formula is C23H23ClFN3O. The van der Waals surface area contributed by atoms with Crippen molar-refractivity contribution in [3.63, 3.8) is 0 Å². The Morgan fingerprint density at radius 1 is 1.10 bits per heavy atom. The summed E-state index contributed by atoms with van der Waals surface area (Å²) in [6.07, 6.45) is 2.71. The van der Waals surface area contributed by atoms with Gasteiger partial charge in [-0.25, -0.2) is 9.37 Å². The Hall–Kier alpha value is -3.05. The second kappa shape index (κ2) is 9.94. The molecule has 150 valence electrons. The molecule has 0 saturated heterocycles. The van der Waals surface area contributed by atoms with E-state index in [1.807, 2.05) is 24.3 Å². The number of nitrogens with zero attached hydrogens (tertiary/aromatic N) is 1. The minimum atomic E-state index is -0.469. The lowest BCUT2D eigenvalue weighted by atomic mass is 9.98. The molecule has 0 unspecified atom stereocenters. The fourth-order valence-corrected chi connectivity index (χ4v) is 2.92. The van der Waals surface area contributed by atoms with Crippen LogP contribution in [-0.4, -0.2) is 16.6 Å². The number of benzene rings is 2. The fourth-order valence-electron chi connectivity index (χ4n) is 2.81. The highest BCUT2D eigenvalue weighted by molar-refractivity contribution is 6.30. The summed E-state index contributed by atoms with van der Waals surface area (Å²) in [5, 5.41) is 10.8. The van der Waals surface area contributed by atoms with Gasteiger partial charge in [-0.15, -0.1) is 0 Å². The first-order valence-corrected chi connectivity index (χ1v) is 9.16. The number of pyridine rings is 1. The van der Waals surface area contributed by atoms with Crippen molar-refractivity contribution in [2.75, 3.05) is 5.32 Å². The molecule has 0 atom stereocenters. The van der Waals surface area contributed by atoms with E-state index in [0.29, 0.717) is 29.4 Å². The lowest BCUT2D eigenvalue weighted by Crippen LogP contribution is -2.16. The summed E-state index contributed by atoms with van der Waals surface area (Å²) >= 11 is 5.80. The molecule has 0 spiro atoms. The lowest BCUT2D eigenvalue weighted by Gasteiger charge is -2.11. The van der Waals surface area contributed by atoms with Crippen LogP contribution < -0.4 is 5.32 Å². The van der Waals surface area contributed by atoms with E-state index >= 15 is 0 Å². The van der Waals surface area contributed by atoms with Gasteiger partial charge in [-0.2, -0.15) is 0 Å². The number of hydrogen-bond donors (Lipinski definition) is 2. The number of aromatic nitrogens is 1. The van der Waals surface area contributed by atoms with Gasteiger partial charge < -0.3 is 10.7 Å². The third-order valence-electron chi connectivity index (χ3n) is 4.36. The fraction of sp³-hybridized carbons (Fsp3) is 0.174. The summed E-state index contributed by atoms with van der Waals surface area (Å²) in [6, 6.07) is 15.2. The molecule has 0 radical (unpaired) electrons. The largest absolute Gasteiger partial charge is 0.307 e. The van der Waals surface area contributed by atoms with Crippen molar-refractivity contribution in [2.24, 2.45) is 0 Å². The summed E-state index contributed by atoms with van der Waals surface area (Å²) in [6.45, 7) is 1.74. The Bertz CT molecular complexity index is 1000. The number of nitrogens with one attached hydrogen (secondary N) is 2. The molecule has 0 aliphatic heterocycles. The first kappa shape index (κ1) is 22.2. The smallest absolute Gasteiger partial charge is 0.257 e. The Morgan fingerprint density at radius 2 is 1.83 bits per heavy atom. The molecule has 1 aromatic heterocycles. The molecule has 0 fully saturated rings. The van der Waals surface area contributed by atoms with Crippen LogP contribution in [0.2, 0.25) is 5.02 Å². The summed E-state index contributed by atoms with van der Waals surface area (Å²) in [5.41, 5.74) is 3.50. The van der Waals surface area contributed by atoms with E-state index in [1.54, 1.807) is 25.1 Å². The minimum absolute atomic E-state index is 0. The van der Waals surface area contributed by atoms with E-state index < -0.39 is 11.7 Å². The van der Waals surface area contributed by atoms with Gasteiger partial charge >= 0.3 is 0 Å². The zero-order valence-corrected chi connectivity index (χ0v) is 16.1. The topological polar surface area (TPSA) is 65.8 Å². The molecule has 29 heavy (non-hydrogen) atoms.